The summed E-state index contributed by atoms with van der Waals surface area (Å²) in [5.41, 5.74) is -0.0307. The van der Waals surface area contributed by atoms with Crippen molar-refractivity contribution in [3.63, 3.8) is 0 Å². The zero-order valence-electron chi connectivity index (χ0n) is 7.72. The van der Waals surface area contributed by atoms with Crippen LogP contribution in [0.3, 0.4) is 0 Å². The van der Waals surface area contributed by atoms with Crippen LogP contribution in [-0.2, 0) is 0 Å². The molecule has 2 unspecified atom stereocenters. The minimum atomic E-state index is -0.0307. The first-order valence-corrected chi connectivity index (χ1v) is 4.47. The number of nitrogens with zero attached hydrogens (tertiary/aromatic N) is 1. The lowest BCUT2D eigenvalue weighted by Gasteiger charge is -2.35. The Morgan fingerprint density at radius 3 is 2.09 bits per heavy atom. The van der Waals surface area contributed by atoms with Gasteiger partial charge in [-0.25, -0.2) is 0 Å². The van der Waals surface area contributed by atoms with Gasteiger partial charge in [0.25, 0.3) is 0 Å². The molecule has 1 aliphatic carbocycles. The Morgan fingerprint density at radius 1 is 1.27 bits per heavy atom. The van der Waals surface area contributed by atoms with E-state index in [9.17, 15) is 0 Å². The Morgan fingerprint density at radius 2 is 1.73 bits per heavy atom. The third-order valence-corrected chi connectivity index (χ3v) is 2.67. The number of hydrogen-bond acceptors (Lipinski definition) is 1. The van der Waals surface area contributed by atoms with E-state index in [1.807, 2.05) is 0 Å². The van der Waals surface area contributed by atoms with Gasteiger partial charge in [-0.3, -0.25) is 0 Å². The van der Waals surface area contributed by atoms with Crippen LogP contribution in [0.4, 0.5) is 0 Å². The molecule has 1 fully saturated rings. The summed E-state index contributed by atoms with van der Waals surface area (Å²) in [6.45, 7) is 6.61. The summed E-state index contributed by atoms with van der Waals surface area (Å²) in [7, 11) is 0. The zero-order valence-corrected chi connectivity index (χ0v) is 7.72. The first kappa shape index (κ1) is 8.59. The molecule has 62 valence electrons. The lowest BCUT2D eigenvalue weighted by atomic mass is 9.68. The molecule has 0 aromatic heterocycles. The van der Waals surface area contributed by atoms with Crippen molar-refractivity contribution in [3.8, 4) is 6.07 Å². The van der Waals surface area contributed by atoms with Crippen LogP contribution in [-0.4, -0.2) is 0 Å². The fourth-order valence-electron chi connectivity index (χ4n) is 2.57. The Kier molecular flexibility index (Phi) is 2.23. The number of rotatable bonds is 0. The van der Waals surface area contributed by atoms with Crippen molar-refractivity contribution in [1.29, 1.82) is 5.26 Å². The van der Waals surface area contributed by atoms with Crippen LogP contribution in [0.1, 0.15) is 40.0 Å². The molecule has 0 N–H and O–H groups in total. The molecule has 1 nitrogen and oxygen atoms in total. The Bertz CT molecular complexity index is 168. The lowest BCUT2D eigenvalue weighted by molar-refractivity contribution is 0.176. The number of hydrogen-bond donors (Lipinski definition) is 0. The van der Waals surface area contributed by atoms with Gasteiger partial charge in [0, 0.05) is 0 Å². The highest BCUT2D eigenvalue weighted by Gasteiger charge is 2.33. The van der Waals surface area contributed by atoms with E-state index in [2.05, 4.69) is 26.8 Å². The molecular formula is C10H17N. The van der Waals surface area contributed by atoms with Gasteiger partial charge in [-0.2, -0.15) is 5.26 Å². The third kappa shape index (κ3) is 1.96. The van der Waals surface area contributed by atoms with Crippen molar-refractivity contribution in [3.05, 3.63) is 0 Å². The van der Waals surface area contributed by atoms with Crippen LogP contribution >= 0.6 is 0 Å². The second kappa shape index (κ2) is 2.85. The predicted octanol–water partition coefficient (Wildman–Crippen LogP) is 2.97. The largest absolute Gasteiger partial charge is 0.198 e. The molecule has 1 saturated carbocycles. The highest BCUT2D eigenvalue weighted by molar-refractivity contribution is 4.99. The van der Waals surface area contributed by atoms with E-state index in [4.69, 9.17) is 5.26 Å². The number of nitriles is 1. The SMILES string of the molecule is CC1CC(C)CC(C)(C#N)C1. The van der Waals surface area contributed by atoms with Gasteiger partial charge < -0.3 is 0 Å². The minimum absolute atomic E-state index is 0.0307. The summed E-state index contributed by atoms with van der Waals surface area (Å²) in [6, 6.07) is 2.44. The van der Waals surface area contributed by atoms with Crippen molar-refractivity contribution in [1.82, 2.24) is 0 Å². The average molecular weight is 151 g/mol. The van der Waals surface area contributed by atoms with E-state index in [0.29, 0.717) is 0 Å². The molecule has 2 atom stereocenters. The smallest absolute Gasteiger partial charge is 0.0687 e. The van der Waals surface area contributed by atoms with Gasteiger partial charge in [-0.1, -0.05) is 13.8 Å². The van der Waals surface area contributed by atoms with E-state index in [-0.39, 0.29) is 5.41 Å². The maximum atomic E-state index is 8.94. The van der Waals surface area contributed by atoms with Crippen molar-refractivity contribution < 1.29 is 0 Å². The molecule has 0 aromatic carbocycles. The second-order valence-corrected chi connectivity index (χ2v) is 4.53. The first-order chi connectivity index (χ1) is 5.06. The van der Waals surface area contributed by atoms with Crippen LogP contribution in [0.5, 0.6) is 0 Å². The molecule has 1 heteroatoms. The summed E-state index contributed by atoms with van der Waals surface area (Å²) < 4.78 is 0. The molecule has 0 radical (unpaired) electrons. The van der Waals surface area contributed by atoms with Gasteiger partial charge >= 0.3 is 0 Å². The topological polar surface area (TPSA) is 23.8 Å². The van der Waals surface area contributed by atoms with Crippen LogP contribution in [0.15, 0.2) is 0 Å². The van der Waals surface area contributed by atoms with Gasteiger partial charge in [-0.05, 0) is 38.0 Å². The fraction of sp³-hybridized carbons (Fsp3) is 0.900. The minimum Gasteiger partial charge on any atom is -0.198 e. The summed E-state index contributed by atoms with van der Waals surface area (Å²) in [4.78, 5) is 0. The summed E-state index contributed by atoms with van der Waals surface area (Å²) >= 11 is 0. The van der Waals surface area contributed by atoms with Gasteiger partial charge in [0.2, 0.25) is 0 Å². The maximum absolute atomic E-state index is 8.94. The van der Waals surface area contributed by atoms with Crippen molar-refractivity contribution in [2.45, 2.75) is 40.0 Å². The Balaban J connectivity index is 2.64. The molecule has 0 aromatic rings. The molecule has 0 spiro atoms. The van der Waals surface area contributed by atoms with E-state index in [0.717, 1.165) is 24.7 Å². The van der Waals surface area contributed by atoms with Gasteiger partial charge in [0.15, 0.2) is 0 Å². The van der Waals surface area contributed by atoms with E-state index in [1.54, 1.807) is 0 Å². The highest BCUT2D eigenvalue weighted by Crippen LogP contribution is 2.41. The van der Waals surface area contributed by atoms with E-state index >= 15 is 0 Å². The monoisotopic (exact) mass is 151 g/mol. The lowest BCUT2D eigenvalue weighted by Crippen LogP contribution is -2.27. The molecule has 0 saturated heterocycles. The third-order valence-electron chi connectivity index (χ3n) is 2.67. The molecular weight excluding hydrogens is 134 g/mol. The molecule has 0 amide bonds. The van der Waals surface area contributed by atoms with Gasteiger partial charge in [-0.15, -0.1) is 0 Å². The molecule has 1 aliphatic rings. The second-order valence-electron chi connectivity index (χ2n) is 4.53. The summed E-state index contributed by atoms with van der Waals surface area (Å²) in [5.74, 6) is 1.48. The molecule has 1 rings (SSSR count). The van der Waals surface area contributed by atoms with Crippen LogP contribution in [0.25, 0.3) is 0 Å². The van der Waals surface area contributed by atoms with Crippen molar-refractivity contribution in [2.24, 2.45) is 17.3 Å². The van der Waals surface area contributed by atoms with Gasteiger partial charge in [0.05, 0.1) is 11.5 Å². The Labute approximate surface area is 69.4 Å². The summed E-state index contributed by atoms with van der Waals surface area (Å²) in [6.07, 6.45) is 3.49. The van der Waals surface area contributed by atoms with E-state index in [1.165, 1.54) is 6.42 Å². The van der Waals surface area contributed by atoms with Crippen LogP contribution in [0.2, 0.25) is 0 Å². The molecule has 11 heavy (non-hydrogen) atoms. The fourth-order valence-corrected chi connectivity index (χ4v) is 2.57. The normalized spacial score (nSPS) is 44.9. The maximum Gasteiger partial charge on any atom is 0.0687 e. The van der Waals surface area contributed by atoms with Crippen molar-refractivity contribution in [2.75, 3.05) is 0 Å². The standard InChI is InChI=1S/C10H17N/c1-8-4-9(2)6-10(3,5-8)7-11/h8-9H,4-6H2,1-3H3. The van der Waals surface area contributed by atoms with Crippen molar-refractivity contribution >= 4 is 0 Å². The highest BCUT2D eigenvalue weighted by atomic mass is 14.4. The molecule has 0 aliphatic heterocycles. The quantitative estimate of drug-likeness (QED) is 0.522. The molecule has 0 bridgehead atoms. The average Bonchev–Trinajstić information content (AvgIpc) is 1.84. The van der Waals surface area contributed by atoms with Crippen LogP contribution in [0, 0.1) is 28.6 Å². The van der Waals surface area contributed by atoms with Crippen LogP contribution < -0.4 is 0 Å². The Hall–Kier alpha value is -0.510. The molecule has 0 heterocycles. The summed E-state index contributed by atoms with van der Waals surface area (Å²) in [5, 5.41) is 8.94. The van der Waals surface area contributed by atoms with Gasteiger partial charge in [0.1, 0.15) is 0 Å². The predicted molar refractivity (Wildman–Crippen MR) is 45.9 cm³/mol. The first-order valence-electron chi connectivity index (χ1n) is 4.47. The van der Waals surface area contributed by atoms with E-state index < -0.39 is 0 Å². The zero-order chi connectivity index (χ0) is 8.48.